The SMILES string of the molecule is CN1CCN(C(=O)Oc2cccc(NC(=O)N(C)C)c2)CC1. The molecule has 1 aliphatic heterocycles. The first-order valence-corrected chi connectivity index (χ1v) is 7.19. The van der Waals surface area contributed by atoms with Crippen LogP contribution in [0.5, 0.6) is 5.75 Å². The van der Waals surface area contributed by atoms with Gasteiger partial charge in [0.05, 0.1) is 0 Å². The van der Waals surface area contributed by atoms with E-state index >= 15 is 0 Å². The van der Waals surface area contributed by atoms with Crippen molar-refractivity contribution in [2.75, 3.05) is 52.6 Å². The summed E-state index contributed by atoms with van der Waals surface area (Å²) in [6.45, 7) is 3.00. The van der Waals surface area contributed by atoms with E-state index in [9.17, 15) is 9.59 Å². The van der Waals surface area contributed by atoms with E-state index in [1.54, 1.807) is 43.3 Å². The molecule has 1 saturated heterocycles. The number of carbonyl (C=O) groups excluding carboxylic acids is 2. The zero-order chi connectivity index (χ0) is 16.1. The summed E-state index contributed by atoms with van der Waals surface area (Å²) < 4.78 is 5.38. The fourth-order valence-corrected chi connectivity index (χ4v) is 2.03. The average Bonchev–Trinajstić information content (AvgIpc) is 2.48. The van der Waals surface area contributed by atoms with Crippen LogP contribution in [0.15, 0.2) is 24.3 Å². The number of ether oxygens (including phenoxy) is 1. The van der Waals surface area contributed by atoms with Crippen molar-refractivity contribution in [2.45, 2.75) is 0 Å². The van der Waals surface area contributed by atoms with Crippen LogP contribution in [-0.4, -0.2) is 74.1 Å². The molecule has 22 heavy (non-hydrogen) atoms. The van der Waals surface area contributed by atoms with E-state index in [0.717, 1.165) is 13.1 Å². The number of likely N-dealkylation sites (N-methyl/N-ethyl adjacent to an activating group) is 1. The lowest BCUT2D eigenvalue weighted by atomic mass is 10.3. The Balaban J connectivity index is 1.95. The van der Waals surface area contributed by atoms with Crippen molar-refractivity contribution >= 4 is 17.8 Å². The molecule has 120 valence electrons. The first-order valence-electron chi connectivity index (χ1n) is 7.19. The van der Waals surface area contributed by atoms with Gasteiger partial charge < -0.3 is 24.8 Å². The van der Waals surface area contributed by atoms with E-state index in [0.29, 0.717) is 24.5 Å². The Morgan fingerprint density at radius 1 is 1.18 bits per heavy atom. The topological polar surface area (TPSA) is 65.1 Å². The minimum Gasteiger partial charge on any atom is -0.410 e. The first-order chi connectivity index (χ1) is 10.5. The Kier molecular flexibility index (Phi) is 5.21. The van der Waals surface area contributed by atoms with Gasteiger partial charge in [0.25, 0.3) is 0 Å². The Morgan fingerprint density at radius 2 is 1.86 bits per heavy atom. The molecule has 0 atom stereocenters. The van der Waals surface area contributed by atoms with E-state index in [2.05, 4.69) is 10.2 Å². The predicted octanol–water partition coefficient (Wildman–Crippen LogP) is 1.53. The molecular weight excluding hydrogens is 284 g/mol. The Labute approximate surface area is 130 Å². The molecule has 3 amide bonds. The van der Waals surface area contributed by atoms with Gasteiger partial charge in [-0.1, -0.05) is 6.07 Å². The van der Waals surface area contributed by atoms with E-state index in [4.69, 9.17) is 4.74 Å². The van der Waals surface area contributed by atoms with Crippen molar-refractivity contribution in [3.63, 3.8) is 0 Å². The summed E-state index contributed by atoms with van der Waals surface area (Å²) in [4.78, 5) is 29.0. The Hall–Kier alpha value is -2.28. The van der Waals surface area contributed by atoms with Gasteiger partial charge in [0.2, 0.25) is 0 Å². The van der Waals surface area contributed by atoms with Crippen LogP contribution in [0.4, 0.5) is 15.3 Å². The lowest BCUT2D eigenvalue weighted by Gasteiger charge is -2.31. The van der Waals surface area contributed by atoms with Crippen LogP contribution in [0.2, 0.25) is 0 Å². The maximum Gasteiger partial charge on any atom is 0.415 e. The number of hydrogen-bond donors (Lipinski definition) is 1. The van der Waals surface area contributed by atoms with Crippen LogP contribution in [0.1, 0.15) is 0 Å². The number of carbonyl (C=O) groups is 2. The number of rotatable bonds is 2. The van der Waals surface area contributed by atoms with Gasteiger partial charge >= 0.3 is 12.1 Å². The number of urea groups is 1. The monoisotopic (exact) mass is 306 g/mol. The van der Waals surface area contributed by atoms with Crippen molar-refractivity contribution in [3.05, 3.63) is 24.3 Å². The molecular formula is C15H22N4O3. The van der Waals surface area contributed by atoms with Crippen molar-refractivity contribution in [2.24, 2.45) is 0 Å². The quantitative estimate of drug-likeness (QED) is 0.900. The molecule has 1 heterocycles. The van der Waals surface area contributed by atoms with Gasteiger partial charge in [-0.05, 0) is 19.2 Å². The number of amides is 3. The van der Waals surface area contributed by atoms with Gasteiger partial charge in [-0.2, -0.15) is 0 Å². The Morgan fingerprint density at radius 3 is 2.50 bits per heavy atom. The fourth-order valence-electron chi connectivity index (χ4n) is 2.03. The molecule has 0 unspecified atom stereocenters. The highest BCUT2D eigenvalue weighted by Crippen LogP contribution is 2.18. The van der Waals surface area contributed by atoms with Gasteiger partial charge in [-0.15, -0.1) is 0 Å². The van der Waals surface area contributed by atoms with Crippen molar-refractivity contribution < 1.29 is 14.3 Å². The molecule has 2 rings (SSSR count). The van der Waals surface area contributed by atoms with Crippen LogP contribution in [0, 0.1) is 0 Å². The maximum absolute atomic E-state index is 12.1. The summed E-state index contributed by atoms with van der Waals surface area (Å²) in [6, 6.07) is 6.57. The van der Waals surface area contributed by atoms with E-state index in [1.807, 2.05) is 7.05 Å². The molecule has 1 aliphatic rings. The molecule has 1 fully saturated rings. The summed E-state index contributed by atoms with van der Waals surface area (Å²) in [5, 5.41) is 2.72. The van der Waals surface area contributed by atoms with Crippen molar-refractivity contribution in [3.8, 4) is 5.75 Å². The third-order valence-corrected chi connectivity index (χ3v) is 3.46. The number of anilines is 1. The van der Waals surface area contributed by atoms with E-state index in [1.165, 1.54) is 4.90 Å². The zero-order valence-electron chi connectivity index (χ0n) is 13.2. The number of benzene rings is 1. The summed E-state index contributed by atoms with van der Waals surface area (Å²) in [5.74, 6) is 0.417. The highest BCUT2D eigenvalue weighted by Gasteiger charge is 2.20. The van der Waals surface area contributed by atoms with E-state index < -0.39 is 0 Å². The number of nitrogens with one attached hydrogen (secondary N) is 1. The second-order valence-corrected chi connectivity index (χ2v) is 5.51. The fraction of sp³-hybridized carbons (Fsp3) is 0.467. The summed E-state index contributed by atoms with van der Waals surface area (Å²) in [5.41, 5.74) is 0.586. The highest BCUT2D eigenvalue weighted by atomic mass is 16.6. The minimum atomic E-state index is -0.357. The van der Waals surface area contributed by atoms with Gasteiger partial charge in [0, 0.05) is 52.0 Å². The molecule has 7 heteroatoms. The number of hydrogen-bond acceptors (Lipinski definition) is 4. The lowest BCUT2D eigenvalue weighted by Crippen LogP contribution is -2.48. The molecule has 7 nitrogen and oxygen atoms in total. The number of piperazine rings is 1. The first kappa shape index (κ1) is 16.1. The van der Waals surface area contributed by atoms with E-state index in [-0.39, 0.29) is 12.1 Å². The van der Waals surface area contributed by atoms with Crippen LogP contribution in [0.25, 0.3) is 0 Å². The molecule has 0 bridgehead atoms. The zero-order valence-corrected chi connectivity index (χ0v) is 13.2. The van der Waals surface area contributed by atoms with Crippen LogP contribution in [-0.2, 0) is 0 Å². The lowest BCUT2D eigenvalue weighted by molar-refractivity contribution is 0.120. The van der Waals surface area contributed by atoms with Crippen LogP contribution < -0.4 is 10.1 Å². The molecule has 0 radical (unpaired) electrons. The third-order valence-electron chi connectivity index (χ3n) is 3.46. The van der Waals surface area contributed by atoms with Gasteiger partial charge in [-0.25, -0.2) is 9.59 Å². The second-order valence-electron chi connectivity index (χ2n) is 5.51. The minimum absolute atomic E-state index is 0.234. The van der Waals surface area contributed by atoms with Crippen LogP contribution in [0.3, 0.4) is 0 Å². The summed E-state index contributed by atoms with van der Waals surface area (Å²) in [7, 11) is 5.35. The second kappa shape index (κ2) is 7.13. The average molecular weight is 306 g/mol. The molecule has 0 aliphatic carbocycles. The van der Waals surface area contributed by atoms with Crippen molar-refractivity contribution in [1.82, 2.24) is 14.7 Å². The smallest absolute Gasteiger partial charge is 0.410 e. The molecule has 0 aromatic heterocycles. The van der Waals surface area contributed by atoms with Gasteiger partial charge in [-0.3, -0.25) is 0 Å². The molecule has 1 N–H and O–H groups in total. The molecule has 0 spiro atoms. The summed E-state index contributed by atoms with van der Waals surface area (Å²) >= 11 is 0. The molecule has 1 aromatic rings. The predicted molar refractivity (Wildman–Crippen MR) is 84.2 cm³/mol. The van der Waals surface area contributed by atoms with Crippen molar-refractivity contribution in [1.29, 1.82) is 0 Å². The van der Waals surface area contributed by atoms with Gasteiger partial charge in [0.15, 0.2) is 0 Å². The van der Waals surface area contributed by atoms with Crippen LogP contribution >= 0.6 is 0 Å². The largest absolute Gasteiger partial charge is 0.415 e. The highest BCUT2D eigenvalue weighted by molar-refractivity contribution is 5.89. The standard InChI is InChI=1S/C15H22N4O3/c1-17(2)14(20)16-12-5-4-6-13(11-12)22-15(21)19-9-7-18(3)8-10-19/h4-6,11H,7-10H2,1-3H3,(H,16,20). The third kappa shape index (κ3) is 4.36. The molecule has 0 saturated carbocycles. The Bertz CT molecular complexity index is 539. The maximum atomic E-state index is 12.1. The van der Waals surface area contributed by atoms with Gasteiger partial charge in [0.1, 0.15) is 5.75 Å². The normalized spacial score (nSPS) is 15.3. The number of nitrogens with zero attached hydrogens (tertiary/aromatic N) is 3. The molecule has 1 aromatic carbocycles. The summed E-state index contributed by atoms with van der Waals surface area (Å²) in [6.07, 6.45) is -0.357.